The van der Waals surface area contributed by atoms with E-state index in [0.29, 0.717) is 45.9 Å². The monoisotopic (exact) mass is 485 g/mol. The van der Waals surface area contributed by atoms with Crippen molar-refractivity contribution in [2.45, 2.75) is 32.4 Å². The summed E-state index contributed by atoms with van der Waals surface area (Å²) in [4.78, 5) is 27.8. The lowest BCUT2D eigenvalue weighted by Crippen LogP contribution is -2.35. The Morgan fingerprint density at radius 2 is 1.86 bits per heavy atom. The summed E-state index contributed by atoms with van der Waals surface area (Å²) in [5, 5.41) is 20.6. The normalized spacial score (nSPS) is 15.0. The summed E-state index contributed by atoms with van der Waals surface area (Å²) in [5.74, 6) is 1.85. The van der Waals surface area contributed by atoms with Gasteiger partial charge in [0.1, 0.15) is 11.6 Å². The van der Waals surface area contributed by atoms with E-state index in [9.17, 15) is 9.90 Å². The van der Waals surface area contributed by atoms with Gasteiger partial charge in [-0.3, -0.25) is 4.79 Å². The zero-order valence-electron chi connectivity index (χ0n) is 20.5. The molecule has 184 valence electrons. The van der Waals surface area contributed by atoms with Crippen LogP contribution in [0.3, 0.4) is 0 Å². The Balaban J connectivity index is 1.50. The molecule has 1 atom stereocenters. The second-order valence-corrected chi connectivity index (χ2v) is 9.19. The molecule has 1 amide bonds. The number of aliphatic hydroxyl groups excluding tert-OH is 1. The van der Waals surface area contributed by atoms with E-state index in [1.54, 1.807) is 43.3 Å². The van der Waals surface area contributed by atoms with Gasteiger partial charge in [0.15, 0.2) is 5.82 Å². The number of aryl methyl sites for hydroxylation is 1. The number of carbonyl (C=O) groups excluding carboxylic acids is 1. The van der Waals surface area contributed by atoms with Gasteiger partial charge in [-0.25, -0.2) is 9.97 Å². The minimum Gasteiger partial charge on any atom is -0.394 e. The van der Waals surface area contributed by atoms with Crippen molar-refractivity contribution in [2.75, 3.05) is 24.3 Å². The molecular weight excluding hydrogens is 458 g/mol. The van der Waals surface area contributed by atoms with Gasteiger partial charge in [-0.2, -0.15) is 4.98 Å². The van der Waals surface area contributed by atoms with Crippen molar-refractivity contribution in [1.82, 2.24) is 25.0 Å². The number of carbonyl (C=O) groups is 1. The lowest BCUT2D eigenvalue weighted by atomic mass is 10.00. The summed E-state index contributed by atoms with van der Waals surface area (Å²) < 4.78 is 5.39. The zero-order chi connectivity index (χ0) is 25.4. The first-order chi connectivity index (χ1) is 17.3. The molecule has 36 heavy (non-hydrogen) atoms. The van der Waals surface area contributed by atoms with Crippen LogP contribution in [0.1, 0.15) is 47.3 Å². The first-order valence-electron chi connectivity index (χ1n) is 11.6. The van der Waals surface area contributed by atoms with Crippen molar-refractivity contribution >= 4 is 23.2 Å². The van der Waals surface area contributed by atoms with Gasteiger partial charge in [0, 0.05) is 19.3 Å². The van der Waals surface area contributed by atoms with Gasteiger partial charge in [0.25, 0.3) is 11.8 Å². The third-order valence-electron chi connectivity index (χ3n) is 6.48. The number of aliphatic hydroxyl groups is 1. The van der Waals surface area contributed by atoms with Gasteiger partial charge in [0.2, 0.25) is 0 Å². The summed E-state index contributed by atoms with van der Waals surface area (Å²) in [6, 6.07) is 14.6. The van der Waals surface area contributed by atoms with Crippen LogP contribution in [0.25, 0.3) is 11.5 Å². The van der Waals surface area contributed by atoms with Gasteiger partial charge in [-0.15, -0.1) is 0 Å². The van der Waals surface area contributed by atoms with Crippen LogP contribution in [0.4, 0.5) is 17.3 Å². The lowest BCUT2D eigenvalue weighted by molar-refractivity contribution is 0.0688. The lowest BCUT2D eigenvalue weighted by Gasteiger charge is -2.27. The topological polar surface area (TPSA) is 129 Å². The van der Waals surface area contributed by atoms with Crippen LogP contribution in [-0.4, -0.2) is 49.7 Å². The predicted octanol–water partition coefficient (Wildman–Crippen LogP) is 4.04. The van der Waals surface area contributed by atoms with Crippen LogP contribution in [-0.2, 0) is 5.54 Å². The number of nitrogens with zero attached hydrogens (tertiary/aromatic N) is 5. The number of hydrogen-bond acceptors (Lipinski definition) is 9. The minimum atomic E-state index is -0.520. The highest BCUT2D eigenvalue weighted by Crippen LogP contribution is 2.37. The number of benzene rings is 1. The van der Waals surface area contributed by atoms with Crippen molar-refractivity contribution in [3.63, 3.8) is 0 Å². The fourth-order valence-electron chi connectivity index (χ4n) is 4.22. The summed E-state index contributed by atoms with van der Waals surface area (Å²) in [6.45, 7) is 5.55. The molecular formula is C26H27N7O3. The maximum atomic E-state index is 12.6. The van der Waals surface area contributed by atoms with Crippen LogP contribution in [0.5, 0.6) is 0 Å². The van der Waals surface area contributed by atoms with E-state index >= 15 is 0 Å². The molecule has 1 aliphatic rings. The molecule has 3 N–H and O–H groups in total. The predicted molar refractivity (Wildman–Crippen MR) is 135 cm³/mol. The van der Waals surface area contributed by atoms with E-state index in [1.807, 2.05) is 44.2 Å². The van der Waals surface area contributed by atoms with E-state index in [0.717, 1.165) is 5.56 Å². The summed E-state index contributed by atoms with van der Waals surface area (Å²) in [5.41, 5.74) is 2.96. The third-order valence-corrected chi connectivity index (χ3v) is 6.48. The number of amides is 1. The Bertz CT molecular complexity index is 1420. The molecule has 10 nitrogen and oxygen atoms in total. The van der Waals surface area contributed by atoms with Crippen LogP contribution >= 0.6 is 0 Å². The number of anilines is 3. The fraction of sp³-hybridized carbons (Fsp3) is 0.269. The molecule has 0 unspecified atom stereocenters. The number of nitrogens with one attached hydrogen (secondary N) is 2. The average Bonchev–Trinajstić information content (AvgIpc) is 3.38. The molecule has 1 aliphatic heterocycles. The van der Waals surface area contributed by atoms with Crippen molar-refractivity contribution in [3.8, 4) is 11.5 Å². The van der Waals surface area contributed by atoms with Crippen LogP contribution in [0.2, 0.25) is 0 Å². The molecule has 4 heterocycles. The van der Waals surface area contributed by atoms with E-state index in [1.165, 1.54) is 0 Å². The first kappa shape index (κ1) is 23.4. The summed E-state index contributed by atoms with van der Waals surface area (Å²) in [6.07, 6.45) is 1.63. The molecule has 0 bridgehead atoms. The fourth-order valence-corrected chi connectivity index (χ4v) is 4.22. The number of rotatable bonds is 7. The Morgan fingerprint density at radius 1 is 1.08 bits per heavy atom. The van der Waals surface area contributed by atoms with E-state index < -0.39 is 5.54 Å². The van der Waals surface area contributed by atoms with Crippen LogP contribution in [0.15, 0.2) is 59.3 Å². The number of pyridine rings is 2. The second-order valence-electron chi connectivity index (χ2n) is 9.19. The number of aromatic nitrogens is 4. The SMILES string of the molecule is Cc1noc(-c2cnc(Nc3ccc4c(n3)C(C)(C)N(C)C4=O)cc2N[C@H](CO)c2ccccc2)n1. The molecule has 10 heteroatoms. The quantitative estimate of drug-likeness (QED) is 0.355. The van der Waals surface area contributed by atoms with Crippen molar-refractivity contribution in [3.05, 3.63) is 77.4 Å². The molecule has 3 aromatic heterocycles. The minimum absolute atomic E-state index is 0.0474. The molecule has 0 saturated heterocycles. The molecule has 0 radical (unpaired) electrons. The van der Waals surface area contributed by atoms with Gasteiger partial charge in [-0.1, -0.05) is 35.5 Å². The molecule has 4 aromatic rings. The van der Waals surface area contributed by atoms with Gasteiger partial charge in [-0.05, 0) is 38.5 Å². The third kappa shape index (κ3) is 4.16. The Hall–Kier alpha value is -4.31. The standard InChI is InChI=1S/C26H27N7O3/c1-15-28-24(36-32-15)18-13-27-22(12-19(18)29-20(14-34)16-8-6-5-7-9-16)30-21-11-10-17-23(31-21)26(2,3)33(4)25(17)35/h5-13,20,34H,14H2,1-4H3,(H2,27,29,30,31)/t20-/m1/s1. The van der Waals surface area contributed by atoms with E-state index in [2.05, 4.69) is 25.8 Å². The molecule has 5 rings (SSSR count). The number of fused-ring (bicyclic) bond motifs is 1. The average molecular weight is 486 g/mol. The summed E-state index contributed by atoms with van der Waals surface area (Å²) in [7, 11) is 1.78. The van der Waals surface area contributed by atoms with Crippen molar-refractivity contribution < 1.29 is 14.4 Å². The molecule has 0 spiro atoms. The summed E-state index contributed by atoms with van der Waals surface area (Å²) >= 11 is 0. The van der Waals surface area contributed by atoms with Crippen molar-refractivity contribution in [1.29, 1.82) is 0 Å². The molecule has 0 saturated carbocycles. The van der Waals surface area contributed by atoms with Crippen molar-refractivity contribution in [2.24, 2.45) is 0 Å². The van der Waals surface area contributed by atoms with Crippen LogP contribution < -0.4 is 10.6 Å². The highest BCUT2D eigenvalue weighted by molar-refractivity contribution is 5.99. The largest absolute Gasteiger partial charge is 0.394 e. The smallest absolute Gasteiger partial charge is 0.261 e. The molecule has 0 aliphatic carbocycles. The highest BCUT2D eigenvalue weighted by atomic mass is 16.5. The maximum Gasteiger partial charge on any atom is 0.261 e. The van der Waals surface area contributed by atoms with E-state index in [4.69, 9.17) is 9.51 Å². The highest BCUT2D eigenvalue weighted by Gasteiger charge is 2.42. The van der Waals surface area contributed by atoms with E-state index in [-0.39, 0.29) is 18.6 Å². The van der Waals surface area contributed by atoms with Crippen LogP contribution in [0, 0.1) is 6.92 Å². The molecule has 0 fully saturated rings. The van der Waals surface area contributed by atoms with Gasteiger partial charge >= 0.3 is 0 Å². The Kier molecular flexibility index (Phi) is 5.89. The molecule has 1 aromatic carbocycles. The maximum absolute atomic E-state index is 12.6. The van der Waals surface area contributed by atoms with Gasteiger partial charge in [0.05, 0.1) is 40.7 Å². The second kappa shape index (κ2) is 9.04. The first-order valence-corrected chi connectivity index (χ1v) is 11.6. The Morgan fingerprint density at radius 3 is 2.56 bits per heavy atom. The van der Waals surface area contributed by atoms with Gasteiger partial charge < -0.3 is 25.2 Å². The number of hydrogen-bond donors (Lipinski definition) is 3. The zero-order valence-corrected chi connectivity index (χ0v) is 20.5. The Labute approximate surface area is 208 Å².